The summed E-state index contributed by atoms with van der Waals surface area (Å²) in [6.45, 7) is -2.61. The highest BCUT2D eigenvalue weighted by molar-refractivity contribution is 6.29. The fraction of sp³-hybridized carbons (Fsp3) is 0.231. The van der Waals surface area contributed by atoms with Gasteiger partial charge in [-0.1, -0.05) is 11.6 Å². The molecule has 112 valence electrons. The fourth-order valence-electron chi connectivity index (χ4n) is 1.59. The third-order valence-corrected chi connectivity index (χ3v) is 2.56. The van der Waals surface area contributed by atoms with E-state index < -0.39 is 6.61 Å². The molecule has 0 saturated carbocycles. The SMILES string of the molecule is COCc1nc(Cl)cc(Nc2ccc(OC(F)F)cc2)n1. The Hall–Kier alpha value is -1.99. The van der Waals surface area contributed by atoms with Gasteiger partial charge in [-0.3, -0.25) is 0 Å². The molecular formula is C13H12ClF2N3O2. The summed E-state index contributed by atoms with van der Waals surface area (Å²) < 4.78 is 33.3. The van der Waals surface area contributed by atoms with Gasteiger partial charge in [0.05, 0.1) is 0 Å². The van der Waals surface area contributed by atoms with Crippen molar-refractivity contribution in [2.45, 2.75) is 13.2 Å². The summed E-state index contributed by atoms with van der Waals surface area (Å²) in [5, 5.41) is 3.27. The van der Waals surface area contributed by atoms with Gasteiger partial charge in [-0.15, -0.1) is 0 Å². The van der Waals surface area contributed by atoms with Gasteiger partial charge < -0.3 is 14.8 Å². The zero-order chi connectivity index (χ0) is 15.2. The minimum absolute atomic E-state index is 0.0799. The van der Waals surface area contributed by atoms with Crippen molar-refractivity contribution in [1.82, 2.24) is 9.97 Å². The minimum Gasteiger partial charge on any atom is -0.435 e. The Labute approximate surface area is 124 Å². The van der Waals surface area contributed by atoms with E-state index in [1.54, 1.807) is 18.2 Å². The molecule has 8 heteroatoms. The van der Waals surface area contributed by atoms with Crippen LogP contribution in [0.25, 0.3) is 0 Å². The second kappa shape index (κ2) is 7.14. The van der Waals surface area contributed by atoms with Gasteiger partial charge in [0.2, 0.25) is 0 Å². The van der Waals surface area contributed by atoms with Crippen LogP contribution < -0.4 is 10.1 Å². The number of hydrogen-bond acceptors (Lipinski definition) is 5. The van der Waals surface area contributed by atoms with Gasteiger partial charge in [0.25, 0.3) is 0 Å². The number of anilines is 2. The van der Waals surface area contributed by atoms with Gasteiger partial charge in [-0.05, 0) is 24.3 Å². The van der Waals surface area contributed by atoms with Crippen LogP contribution in [0, 0.1) is 0 Å². The number of alkyl halides is 2. The van der Waals surface area contributed by atoms with Crippen LogP contribution in [0.15, 0.2) is 30.3 Å². The molecule has 0 bridgehead atoms. The minimum atomic E-state index is -2.85. The van der Waals surface area contributed by atoms with Crippen LogP contribution in [0.4, 0.5) is 20.3 Å². The van der Waals surface area contributed by atoms with Gasteiger partial charge >= 0.3 is 6.61 Å². The number of ether oxygens (including phenoxy) is 2. The molecule has 0 amide bonds. The molecule has 0 radical (unpaired) electrons. The Morgan fingerprint density at radius 3 is 2.57 bits per heavy atom. The van der Waals surface area contributed by atoms with E-state index in [2.05, 4.69) is 20.0 Å². The first kappa shape index (κ1) is 15.4. The fourth-order valence-corrected chi connectivity index (χ4v) is 1.79. The predicted octanol–water partition coefficient (Wildman–Crippen LogP) is 3.62. The number of nitrogens with zero attached hydrogens (tertiary/aromatic N) is 2. The lowest BCUT2D eigenvalue weighted by Gasteiger charge is -2.09. The van der Waals surface area contributed by atoms with Gasteiger partial charge in [0.1, 0.15) is 23.3 Å². The van der Waals surface area contributed by atoms with Crippen LogP contribution in [0.5, 0.6) is 5.75 Å². The Kier molecular flexibility index (Phi) is 5.24. The molecule has 0 fully saturated rings. The molecule has 0 saturated heterocycles. The molecule has 2 rings (SSSR count). The highest BCUT2D eigenvalue weighted by atomic mass is 35.5. The average Bonchev–Trinajstić information content (AvgIpc) is 2.40. The van der Waals surface area contributed by atoms with E-state index in [1.807, 2.05) is 0 Å². The number of benzene rings is 1. The van der Waals surface area contributed by atoms with E-state index in [0.717, 1.165) is 0 Å². The third kappa shape index (κ3) is 4.80. The van der Waals surface area contributed by atoms with Gasteiger partial charge in [0, 0.05) is 18.9 Å². The molecule has 1 aromatic heterocycles. The van der Waals surface area contributed by atoms with Crippen molar-refractivity contribution in [3.05, 3.63) is 41.3 Å². The molecule has 1 heterocycles. The van der Waals surface area contributed by atoms with E-state index >= 15 is 0 Å². The van der Waals surface area contributed by atoms with Crippen LogP contribution in [0.1, 0.15) is 5.82 Å². The van der Waals surface area contributed by atoms with E-state index in [0.29, 0.717) is 17.3 Å². The van der Waals surface area contributed by atoms with Crippen molar-refractivity contribution in [3.8, 4) is 5.75 Å². The smallest absolute Gasteiger partial charge is 0.387 e. The largest absolute Gasteiger partial charge is 0.435 e. The van der Waals surface area contributed by atoms with E-state index in [9.17, 15) is 8.78 Å². The number of hydrogen-bond donors (Lipinski definition) is 1. The maximum atomic E-state index is 12.0. The van der Waals surface area contributed by atoms with Crippen molar-refractivity contribution in [2.75, 3.05) is 12.4 Å². The number of nitrogens with one attached hydrogen (secondary N) is 1. The lowest BCUT2D eigenvalue weighted by molar-refractivity contribution is -0.0498. The summed E-state index contributed by atoms with van der Waals surface area (Å²) in [6.07, 6.45) is 0. The quantitative estimate of drug-likeness (QED) is 0.825. The zero-order valence-corrected chi connectivity index (χ0v) is 11.8. The standard InChI is InChI=1S/C13H12ClF2N3O2/c1-20-7-12-18-10(14)6-11(19-12)17-8-2-4-9(5-3-8)21-13(15)16/h2-6,13H,7H2,1H3,(H,17,18,19). The molecule has 0 aliphatic rings. The first-order valence-corrected chi connectivity index (χ1v) is 6.29. The monoisotopic (exact) mass is 315 g/mol. The maximum Gasteiger partial charge on any atom is 0.387 e. The van der Waals surface area contributed by atoms with Crippen LogP contribution in [-0.4, -0.2) is 23.7 Å². The molecule has 0 aliphatic carbocycles. The van der Waals surface area contributed by atoms with Crippen molar-refractivity contribution in [2.24, 2.45) is 0 Å². The molecular weight excluding hydrogens is 304 g/mol. The van der Waals surface area contributed by atoms with Gasteiger partial charge in [0.15, 0.2) is 5.82 Å². The van der Waals surface area contributed by atoms with Crippen LogP contribution in [0.3, 0.4) is 0 Å². The topological polar surface area (TPSA) is 56.3 Å². The summed E-state index contributed by atoms with van der Waals surface area (Å²) in [7, 11) is 1.53. The molecule has 2 aromatic rings. The Morgan fingerprint density at radius 2 is 1.95 bits per heavy atom. The number of halogens is 3. The number of rotatable bonds is 6. The van der Waals surface area contributed by atoms with Crippen molar-refractivity contribution in [3.63, 3.8) is 0 Å². The summed E-state index contributed by atoms with van der Waals surface area (Å²) in [4.78, 5) is 8.20. The summed E-state index contributed by atoms with van der Waals surface area (Å²) >= 11 is 5.88. The van der Waals surface area contributed by atoms with E-state index in [-0.39, 0.29) is 17.5 Å². The highest BCUT2D eigenvalue weighted by Gasteiger charge is 2.06. The van der Waals surface area contributed by atoms with Crippen molar-refractivity contribution < 1.29 is 18.3 Å². The predicted molar refractivity (Wildman–Crippen MR) is 74.1 cm³/mol. The second-order valence-corrected chi connectivity index (χ2v) is 4.34. The average molecular weight is 316 g/mol. The summed E-state index contributed by atoms with van der Waals surface area (Å²) in [5.41, 5.74) is 0.648. The lowest BCUT2D eigenvalue weighted by atomic mass is 10.3. The zero-order valence-electron chi connectivity index (χ0n) is 11.0. The number of methoxy groups -OCH3 is 1. The molecule has 1 N–H and O–H groups in total. The highest BCUT2D eigenvalue weighted by Crippen LogP contribution is 2.21. The molecule has 21 heavy (non-hydrogen) atoms. The van der Waals surface area contributed by atoms with Crippen molar-refractivity contribution >= 4 is 23.1 Å². The maximum absolute atomic E-state index is 12.0. The van der Waals surface area contributed by atoms with Crippen LogP contribution in [-0.2, 0) is 11.3 Å². The second-order valence-electron chi connectivity index (χ2n) is 3.95. The first-order valence-electron chi connectivity index (χ1n) is 5.91. The van der Waals surface area contributed by atoms with Crippen LogP contribution >= 0.6 is 11.6 Å². The Balaban J connectivity index is 2.10. The van der Waals surface area contributed by atoms with Crippen molar-refractivity contribution in [1.29, 1.82) is 0 Å². The Bertz CT molecular complexity index is 596. The molecule has 0 unspecified atom stereocenters. The van der Waals surface area contributed by atoms with E-state index in [1.165, 1.54) is 19.2 Å². The normalized spacial score (nSPS) is 10.7. The van der Waals surface area contributed by atoms with Gasteiger partial charge in [-0.25, -0.2) is 9.97 Å². The lowest BCUT2D eigenvalue weighted by Crippen LogP contribution is -2.03. The molecule has 5 nitrogen and oxygen atoms in total. The summed E-state index contributed by atoms with van der Waals surface area (Å²) in [6, 6.07) is 7.57. The van der Waals surface area contributed by atoms with E-state index in [4.69, 9.17) is 16.3 Å². The molecule has 0 atom stereocenters. The molecule has 0 spiro atoms. The third-order valence-electron chi connectivity index (χ3n) is 2.37. The summed E-state index contributed by atoms with van der Waals surface area (Å²) in [5.74, 6) is 0.992. The molecule has 1 aromatic carbocycles. The van der Waals surface area contributed by atoms with Gasteiger partial charge in [-0.2, -0.15) is 8.78 Å². The Morgan fingerprint density at radius 1 is 1.24 bits per heavy atom. The first-order chi connectivity index (χ1) is 10.1. The van der Waals surface area contributed by atoms with Crippen LogP contribution in [0.2, 0.25) is 5.15 Å². The molecule has 0 aliphatic heterocycles. The number of aromatic nitrogens is 2.